The molecule has 2 heterocycles. The zero-order valence-electron chi connectivity index (χ0n) is 21.8. The van der Waals surface area contributed by atoms with E-state index in [9.17, 15) is 30.4 Å². The van der Waals surface area contributed by atoms with Crippen molar-refractivity contribution in [1.82, 2.24) is 19.5 Å². The molecule has 2 fully saturated rings. The monoisotopic (exact) mass is 620 g/mol. The van der Waals surface area contributed by atoms with Crippen LogP contribution in [-0.2, 0) is 26.6 Å². The highest BCUT2D eigenvalue weighted by molar-refractivity contribution is 7.92. The fraction of sp³-hybridized carbons (Fsp3) is 0.458. The van der Waals surface area contributed by atoms with Crippen LogP contribution in [0.15, 0.2) is 36.4 Å². The van der Waals surface area contributed by atoms with Crippen molar-refractivity contribution in [3.8, 4) is 0 Å². The summed E-state index contributed by atoms with van der Waals surface area (Å²) in [6, 6.07) is 7.17. The summed E-state index contributed by atoms with van der Waals surface area (Å²) in [4.78, 5) is 15.9. The lowest BCUT2D eigenvalue weighted by molar-refractivity contribution is 0.0430. The van der Waals surface area contributed by atoms with Gasteiger partial charge in [0.15, 0.2) is 0 Å². The average molecular weight is 621 g/mol. The number of sulfonamides is 2. The lowest BCUT2D eigenvalue weighted by Crippen LogP contribution is -2.64. The number of carbonyl (C=O) groups excluding carboxylic acids is 1. The lowest BCUT2D eigenvalue weighted by atomic mass is 10.1. The topological polar surface area (TPSA) is 136 Å². The molecular formula is C24H31ClF2N6O5S2. The number of anilines is 1. The summed E-state index contributed by atoms with van der Waals surface area (Å²) in [7, 11) is -7.23. The smallest absolute Gasteiger partial charge is 0.265 e. The maximum Gasteiger partial charge on any atom is 0.265 e. The number of benzene rings is 2. The van der Waals surface area contributed by atoms with Crippen molar-refractivity contribution in [3.63, 3.8) is 0 Å². The highest BCUT2D eigenvalue weighted by Crippen LogP contribution is 2.28. The number of hydrogen-bond acceptors (Lipinski definition) is 8. The highest BCUT2D eigenvalue weighted by atomic mass is 35.5. The third-order valence-electron chi connectivity index (χ3n) is 7.17. The third-order valence-corrected chi connectivity index (χ3v) is 10.4. The summed E-state index contributed by atoms with van der Waals surface area (Å²) in [5.74, 6) is 2.57. The number of rotatable bonds is 10. The van der Waals surface area contributed by atoms with Gasteiger partial charge < -0.3 is 0 Å². The van der Waals surface area contributed by atoms with Crippen molar-refractivity contribution in [3.05, 3.63) is 64.2 Å². The molecular weight excluding hydrogens is 590 g/mol. The Morgan fingerprint density at radius 2 is 1.73 bits per heavy atom. The molecule has 0 atom stereocenters. The molecule has 2 aliphatic heterocycles. The van der Waals surface area contributed by atoms with Gasteiger partial charge in [-0.3, -0.25) is 24.3 Å². The molecule has 0 saturated carbocycles. The number of halogens is 3. The largest absolute Gasteiger partial charge is 0.300 e. The molecule has 0 radical (unpaired) electrons. The number of nitrogen functional groups attached to an aromatic ring is 1. The quantitative estimate of drug-likeness (QED) is 0.226. The summed E-state index contributed by atoms with van der Waals surface area (Å²) in [5.41, 5.74) is 1.94. The number of nitrogens with zero attached hydrogens (tertiary/aromatic N) is 4. The Kier molecular flexibility index (Phi) is 9.34. The fourth-order valence-corrected chi connectivity index (χ4v) is 7.21. The number of hydrogen-bond donors (Lipinski definition) is 2. The van der Waals surface area contributed by atoms with Crippen LogP contribution in [0.2, 0.25) is 5.02 Å². The van der Waals surface area contributed by atoms with Gasteiger partial charge in [-0.2, -0.15) is 4.31 Å². The van der Waals surface area contributed by atoms with E-state index < -0.39 is 44.1 Å². The van der Waals surface area contributed by atoms with E-state index in [1.165, 1.54) is 34.8 Å². The van der Waals surface area contributed by atoms with Gasteiger partial charge in [0.05, 0.1) is 29.3 Å². The van der Waals surface area contributed by atoms with Crippen molar-refractivity contribution in [2.75, 3.05) is 62.1 Å². The zero-order chi connectivity index (χ0) is 29.2. The minimum atomic E-state index is -4.04. The maximum absolute atomic E-state index is 14.9. The van der Waals surface area contributed by atoms with Crippen molar-refractivity contribution in [2.45, 2.75) is 12.6 Å². The van der Waals surface area contributed by atoms with Crippen molar-refractivity contribution >= 4 is 43.2 Å². The number of nitrogens with one attached hydrogen (secondary N) is 1. The standard InChI is InChI=1S/C24H31ClF2N6O5S2/c1-39(35,36)32-15-20(16-32)31-8-6-30(7-9-31)10-11-40(37,38)33(19-4-5-22(26)21(25)13-19)14-18-3-2-17(12-23(18)27)24(34)29-28/h2-5,12-13,20H,6-11,14-16,28H2,1H3,(H,29,34). The minimum absolute atomic E-state index is 0.00477. The summed E-state index contributed by atoms with van der Waals surface area (Å²) < 4.78 is 81.5. The first-order chi connectivity index (χ1) is 18.8. The second-order valence-electron chi connectivity index (χ2n) is 9.81. The third kappa shape index (κ3) is 7.08. The van der Waals surface area contributed by atoms with Gasteiger partial charge in [0.2, 0.25) is 20.0 Å². The fourth-order valence-electron chi connectivity index (χ4n) is 4.67. The Bertz CT molecular complexity index is 1470. The van der Waals surface area contributed by atoms with Crippen LogP contribution >= 0.6 is 11.6 Å². The minimum Gasteiger partial charge on any atom is -0.300 e. The van der Waals surface area contributed by atoms with Gasteiger partial charge >= 0.3 is 0 Å². The van der Waals surface area contributed by atoms with Gasteiger partial charge in [0.25, 0.3) is 5.91 Å². The Labute approximate surface area is 237 Å². The Hall–Kier alpha value is -2.40. The molecule has 1 amide bonds. The zero-order valence-corrected chi connectivity index (χ0v) is 24.2. The summed E-state index contributed by atoms with van der Waals surface area (Å²) in [6.45, 7) is 3.26. The number of piperazine rings is 1. The first-order valence-electron chi connectivity index (χ1n) is 12.4. The van der Waals surface area contributed by atoms with Crippen LogP contribution < -0.4 is 15.6 Å². The van der Waals surface area contributed by atoms with Gasteiger partial charge in [-0.1, -0.05) is 17.7 Å². The molecule has 2 saturated heterocycles. The van der Waals surface area contributed by atoms with E-state index in [-0.39, 0.29) is 40.2 Å². The van der Waals surface area contributed by atoms with Gasteiger partial charge in [0.1, 0.15) is 11.6 Å². The molecule has 4 rings (SSSR count). The lowest BCUT2D eigenvalue weighted by Gasteiger charge is -2.47. The molecule has 0 aromatic heterocycles. The van der Waals surface area contributed by atoms with Crippen molar-refractivity contribution in [2.24, 2.45) is 5.84 Å². The van der Waals surface area contributed by atoms with Crippen LogP contribution in [0, 0.1) is 11.6 Å². The van der Waals surface area contributed by atoms with Crippen LogP contribution in [0.25, 0.3) is 0 Å². The highest BCUT2D eigenvalue weighted by Gasteiger charge is 2.38. The molecule has 16 heteroatoms. The second kappa shape index (κ2) is 12.2. The molecule has 2 aromatic carbocycles. The van der Waals surface area contributed by atoms with E-state index >= 15 is 0 Å². The summed E-state index contributed by atoms with van der Waals surface area (Å²) >= 11 is 5.93. The molecule has 40 heavy (non-hydrogen) atoms. The van der Waals surface area contributed by atoms with E-state index in [0.29, 0.717) is 39.3 Å². The van der Waals surface area contributed by atoms with Crippen LogP contribution in [0.3, 0.4) is 0 Å². The average Bonchev–Trinajstić information content (AvgIpc) is 2.87. The summed E-state index contributed by atoms with van der Waals surface area (Å²) in [5, 5.41) is -0.283. The van der Waals surface area contributed by atoms with Crippen LogP contribution in [0.4, 0.5) is 14.5 Å². The van der Waals surface area contributed by atoms with E-state index in [1.54, 1.807) is 0 Å². The van der Waals surface area contributed by atoms with Crippen LogP contribution in [0.1, 0.15) is 15.9 Å². The maximum atomic E-state index is 14.9. The molecule has 0 aliphatic carbocycles. The molecule has 11 nitrogen and oxygen atoms in total. The molecule has 2 aliphatic rings. The summed E-state index contributed by atoms with van der Waals surface area (Å²) in [6.07, 6.45) is 1.19. The SMILES string of the molecule is CS(=O)(=O)N1CC(N2CCN(CCS(=O)(=O)N(Cc3ccc(C(=O)NN)cc3F)c3ccc(F)c(Cl)c3)CC2)C1. The predicted molar refractivity (Wildman–Crippen MR) is 148 cm³/mol. The number of amides is 1. The van der Waals surface area contributed by atoms with E-state index in [2.05, 4.69) is 4.90 Å². The van der Waals surface area contributed by atoms with Crippen molar-refractivity contribution < 1.29 is 30.4 Å². The first-order valence-corrected chi connectivity index (χ1v) is 16.3. The second-order valence-corrected chi connectivity index (χ2v) is 14.2. The number of nitrogens with two attached hydrogens (primary N) is 1. The van der Waals surface area contributed by atoms with Gasteiger partial charge in [-0.15, -0.1) is 0 Å². The number of carbonyl (C=O) groups is 1. The Morgan fingerprint density at radius 3 is 2.30 bits per heavy atom. The molecule has 220 valence electrons. The molecule has 3 N–H and O–H groups in total. The van der Waals surface area contributed by atoms with E-state index in [1.807, 2.05) is 10.3 Å². The molecule has 0 bridgehead atoms. The number of hydrazine groups is 1. The van der Waals surface area contributed by atoms with Crippen LogP contribution in [-0.4, -0.2) is 101 Å². The predicted octanol–water partition coefficient (Wildman–Crippen LogP) is 0.820. The van der Waals surface area contributed by atoms with Crippen LogP contribution in [0.5, 0.6) is 0 Å². The Balaban J connectivity index is 1.44. The normalized spacial score (nSPS) is 17.9. The molecule has 2 aromatic rings. The van der Waals surface area contributed by atoms with E-state index in [4.69, 9.17) is 17.4 Å². The first kappa shape index (κ1) is 30.6. The molecule has 0 unspecified atom stereocenters. The van der Waals surface area contributed by atoms with Crippen molar-refractivity contribution in [1.29, 1.82) is 0 Å². The van der Waals surface area contributed by atoms with E-state index in [0.717, 1.165) is 16.4 Å². The van der Waals surface area contributed by atoms with Gasteiger partial charge in [0, 0.05) is 63.0 Å². The van der Waals surface area contributed by atoms with Gasteiger partial charge in [-0.05, 0) is 30.3 Å². The van der Waals surface area contributed by atoms with Gasteiger partial charge in [-0.25, -0.2) is 31.5 Å². The molecule has 0 spiro atoms. The Morgan fingerprint density at radius 1 is 1.05 bits per heavy atom.